The maximum atomic E-state index is 13.6. The predicted molar refractivity (Wildman–Crippen MR) is 152 cm³/mol. The van der Waals surface area contributed by atoms with Crippen LogP contribution < -0.4 is 16.0 Å². The lowest BCUT2D eigenvalue weighted by Crippen LogP contribution is -2.59. The number of amides is 1. The van der Waals surface area contributed by atoms with Gasteiger partial charge in [0.05, 0.1) is 20.5 Å². The van der Waals surface area contributed by atoms with Crippen molar-refractivity contribution in [1.29, 1.82) is 0 Å². The van der Waals surface area contributed by atoms with Gasteiger partial charge in [-0.2, -0.15) is 0 Å². The van der Waals surface area contributed by atoms with Crippen LogP contribution in [0.4, 0.5) is 5.69 Å². The average molecular weight is 591 g/mol. The second kappa shape index (κ2) is 12.5. The molecular formula is C28H29Cl2N3O5S. The lowest BCUT2D eigenvalue weighted by Gasteiger charge is -2.38. The van der Waals surface area contributed by atoms with E-state index in [2.05, 4.69) is 16.0 Å². The van der Waals surface area contributed by atoms with E-state index in [0.29, 0.717) is 30.6 Å². The maximum absolute atomic E-state index is 13.6. The Hall–Kier alpha value is -2.95. The Bertz CT molecular complexity index is 1410. The van der Waals surface area contributed by atoms with Gasteiger partial charge in [0.25, 0.3) is 5.91 Å². The first kappa shape index (κ1) is 29.0. The normalized spacial score (nSPS) is 18.3. The molecule has 8 nitrogen and oxygen atoms in total. The molecule has 4 N–H and O–H groups in total. The molecule has 2 atom stereocenters. The van der Waals surface area contributed by atoms with Gasteiger partial charge in [0.1, 0.15) is 10.8 Å². The lowest BCUT2D eigenvalue weighted by atomic mass is 9.97. The molecule has 3 aromatic carbocycles. The van der Waals surface area contributed by atoms with Gasteiger partial charge in [0.15, 0.2) is 9.84 Å². The number of nitrogens with one attached hydrogen (secondary N) is 3. The van der Waals surface area contributed by atoms with E-state index >= 15 is 0 Å². The highest BCUT2D eigenvalue weighted by atomic mass is 35.5. The van der Waals surface area contributed by atoms with Gasteiger partial charge < -0.3 is 21.1 Å². The quantitative estimate of drug-likeness (QED) is 0.276. The molecule has 39 heavy (non-hydrogen) atoms. The van der Waals surface area contributed by atoms with Crippen molar-refractivity contribution in [2.24, 2.45) is 0 Å². The molecule has 3 aromatic rings. The zero-order chi connectivity index (χ0) is 28.0. The maximum Gasteiger partial charge on any atom is 0.321 e. The number of piperidine rings is 1. The number of aliphatic carboxylic acids is 1. The van der Waals surface area contributed by atoms with E-state index < -0.39 is 32.5 Å². The van der Waals surface area contributed by atoms with Crippen LogP contribution in [0.25, 0.3) is 0 Å². The number of carboxylic acids is 1. The highest BCUT2D eigenvalue weighted by Crippen LogP contribution is 2.32. The first-order valence-electron chi connectivity index (χ1n) is 12.4. The topological polar surface area (TPSA) is 125 Å². The molecule has 1 unspecified atom stereocenters. The summed E-state index contributed by atoms with van der Waals surface area (Å²) in [6, 6.07) is 18.8. The third-order valence-electron chi connectivity index (χ3n) is 6.87. The molecule has 0 aliphatic carbocycles. The van der Waals surface area contributed by atoms with Crippen LogP contribution >= 0.6 is 23.2 Å². The van der Waals surface area contributed by atoms with E-state index in [4.69, 9.17) is 23.2 Å². The second-order valence-corrected chi connectivity index (χ2v) is 12.7. The fourth-order valence-corrected chi connectivity index (χ4v) is 7.25. The molecule has 1 aliphatic rings. The highest BCUT2D eigenvalue weighted by molar-refractivity contribution is 7.93. The third kappa shape index (κ3) is 6.62. The SMILES string of the molecule is O=C(Nc1ccc(C[C@H](NCC2(S(=O)(=O)c3ccccc3)CCCNC2)C(=O)O)cc1)c1c(Cl)cccc1Cl. The van der Waals surface area contributed by atoms with E-state index in [1.165, 1.54) is 0 Å². The molecule has 0 radical (unpaired) electrons. The molecule has 1 heterocycles. The summed E-state index contributed by atoms with van der Waals surface area (Å²) in [5.74, 6) is -1.55. The molecule has 1 fully saturated rings. The first-order chi connectivity index (χ1) is 18.6. The Balaban J connectivity index is 1.46. The van der Waals surface area contributed by atoms with E-state index in [0.717, 1.165) is 0 Å². The minimum Gasteiger partial charge on any atom is -0.480 e. The monoisotopic (exact) mass is 589 g/mol. The van der Waals surface area contributed by atoms with E-state index in [9.17, 15) is 23.1 Å². The molecule has 0 bridgehead atoms. The Labute approximate surface area is 237 Å². The second-order valence-electron chi connectivity index (χ2n) is 9.50. The van der Waals surface area contributed by atoms with Gasteiger partial charge in [-0.1, -0.05) is 59.6 Å². The average Bonchev–Trinajstić information content (AvgIpc) is 2.92. The van der Waals surface area contributed by atoms with Crippen LogP contribution in [-0.2, 0) is 21.1 Å². The molecule has 4 rings (SSSR count). The van der Waals surface area contributed by atoms with Gasteiger partial charge in [-0.25, -0.2) is 8.42 Å². The zero-order valence-electron chi connectivity index (χ0n) is 21.0. The molecular weight excluding hydrogens is 561 g/mol. The standard InChI is InChI=1S/C28H29Cl2N3O5S/c29-22-8-4-9-23(30)25(22)26(34)33-20-12-10-19(11-13-20)16-24(27(35)36)32-18-28(14-5-15-31-17-28)39(37,38)21-6-2-1-3-7-21/h1-4,6-13,24,31-32H,5,14-18H2,(H,33,34)(H,35,36)/t24-,28?/m0/s1. The molecule has 0 spiro atoms. The lowest BCUT2D eigenvalue weighted by molar-refractivity contribution is -0.139. The summed E-state index contributed by atoms with van der Waals surface area (Å²) in [5, 5.41) is 19.3. The van der Waals surface area contributed by atoms with Crippen LogP contribution in [0.3, 0.4) is 0 Å². The smallest absolute Gasteiger partial charge is 0.321 e. The number of halogens is 2. The minimum atomic E-state index is -3.74. The van der Waals surface area contributed by atoms with Crippen LogP contribution in [-0.4, -0.2) is 55.8 Å². The van der Waals surface area contributed by atoms with Crippen molar-refractivity contribution in [3.05, 3.63) is 94.0 Å². The summed E-state index contributed by atoms with van der Waals surface area (Å²) in [6.45, 7) is 0.925. The Kier molecular flexibility index (Phi) is 9.30. The van der Waals surface area contributed by atoms with Gasteiger partial charge in [-0.15, -0.1) is 0 Å². The largest absolute Gasteiger partial charge is 0.480 e. The predicted octanol–water partition coefficient (Wildman–Crippen LogP) is 4.43. The van der Waals surface area contributed by atoms with Crippen molar-refractivity contribution >= 4 is 50.6 Å². The van der Waals surface area contributed by atoms with Crippen LogP contribution in [0.1, 0.15) is 28.8 Å². The van der Waals surface area contributed by atoms with Gasteiger partial charge in [0, 0.05) is 18.8 Å². The van der Waals surface area contributed by atoms with Gasteiger partial charge >= 0.3 is 5.97 Å². The van der Waals surface area contributed by atoms with Crippen LogP contribution in [0, 0.1) is 0 Å². The molecule has 1 amide bonds. The number of carbonyl (C=O) groups is 2. The molecule has 11 heteroatoms. The van der Waals surface area contributed by atoms with Gasteiger partial charge in [-0.05, 0) is 67.8 Å². The number of hydrogen-bond acceptors (Lipinski definition) is 6. The van der Waals surface area contributed by atoms with Gasteiger partial charge in [-0.3, -0.25) is 9.59 Å². The van der Waals surface area contributed by atoms with E-state index in [-0.39, 0.29) is 40.0 Å². The number of rotatable bonds is 10. The third-order valence-corrected chi connectivity index (χ3v) is 10.0. The Morgan fingerprint density at radius 1 is 0.974 bits per heavy atom. The Morgan fingerprint density at radius 2 is 1.64 bits per heavy atom. The van der Waals surface area contributed by atoms with Crippen LogP contribution in [0.15, 0.2) is 77.7 Å². The van der Waals surface area contributed by atoms with Crippen molar-refractivity contribution < 1.29 is 23.1 Å². The van der Waals surface area contributed by atoms with Gasteiger partial charge in [0.2, 0.25) is 0 Å². The molecule has 0 saturated carbocycles. The summed E-state index contributed by atoms with van der Waals surface area (Å²) in [5.41, 5.74) is 1.35. The van der Waals surface area contributed by atoms with Crippen LogP contribution in [0.5, 0.6) is 0 Å². The summed E-state index contributed by atoms with van der Waals surface area (Å²) in [6.07, 6.45) is 1.20. The molecule has 206 valence electrons. The van der Waals surface area contributed by atoms with Crippen LogP contribution in [0.2, 0.25) is 10.0 Å². The van der Waals surface area contributed by atoms with Crippen molar-refractivity contribution in [3.63, 3.8) is 0 Å². The Morgan fingerprint density at radius 3 is 2.23 bits per heavy atom. The van der Waals surface area contributed by atoms with Crippen molar-refractivity contribution in [1.82, 2.24) is 10.6 Å². The number of carbonyl (C=O) groups excluding carboxylic acids is 1. The summed E-state index contributed by atoms with van der Waals surface area (Å²) in [4.78, 5) is 25.0. The molecule has 1 saturated heterocycles. The van der Waals surface area contributed by atoms with Crippen molar-refractivity contribution in [2.45, 2.75) is 34.9 Å². The summed E-state index contributed by atoms with van der Waals surface area (Å²) < 4.78 is 26.1. The summed E-state index contributed by atoms with van der Waals surface area (Å²) >= 11 is 12.2. The first-order valence-corrected chi connectivity index (χ1v) is 14.7. The molecule has 1 aliphatic heterocycles. The minimum absolute atomic E-state index is 0.0130. The highest BCUT2D eigenvalue weighted by Gasteiger charge is 2.46. The summed E-state index contributed by atoms with van der Waals surface area (Å²) in [7, 11) is -3.74. The fourth-order valence-electron chi connectivity index (χ4n) is 4.69. The number of anilines is 1. The van der Waals surface area contributed by atoms with Crippen molar-refractivity contribution in [3.8, 4) is 0 Å². The fraction of sp³-hybridized carbons (Fsp3) is 0.286. The van der Waals surface area contributed by atoms with E-state index in [1.54, 1.807) is 72.8 Å². The van der Waals surface area contributed by atoms with Crippen molar-refractivity contribution in [2.75, 3.05) is 25.0 Å². The molecule has 0 aromatic heterocycles. The number of carboxylic acid groups (broad SMARTS) is 1. The van der Waals surface area contributed by atoms with E-state index in [1.807, 2.05) is 0 Å². The zero-order valence-corrected chi connectivity index (χ0v) is 23.3. The number of sulfone groups is 1. The number of benzene rings is 3. The number of hydrogen-bond donors (Lipinski definition) is 4.